The number of rotatable bonds is 1. The zero-order chi connectivity index (χ0) is 13.6. The van der Waals surface area contributed by atoms with E-state index in [9.17, 15) is 4.79 Å². The predicted octanol–water partition coefficient (Wildman–Crippen LogP) is 1.64. The van der Waals surface area contributed by atoms with Crippen molar-refractivity contribution in [1.29, 1.82) is 0 Å². The molecule has 1 aliphatic rings. The molecule has 100 valence electrons. The molecule has 0 radical (unpaired) electrons. The number of hydrogen-bond acceptors (Lipinski definition) is 3. The second-order valence-electron chi connectivity index (χ2n) is 4.45. The lowest BCUT2D eigenvalue weighted by Gasteiger charge is -2.27. The van der Waals surface area contributed by atoms with Gasteiger partial charge in [0.15, 0.2) is 0 Å². The van der Waals surface area contributed by atoms with Gasteiger partial charge in [-0.1, -0.05) is 23.2 Å². The third-order valence-corrected chi connectivity index (χ3v) is 4.16. The van der Waals surface area contributed by atoms with Gasteiger partial charge in [-0.15, -0.1) is 0 Å². The van der Waals surface area contributed by atoms with Crippen LogP contribution < -0.4 is 5.73 Å². The summed E-state index contributed by atoms with van der Waals surface area (Å²) in [5.41, 5.74) is 7.06. The summed E-state index contributed by atoms with van der Waals surface area (Å²) in [6.45, 7) is 1.79. The molecular weight excluding hydrogens is 287 g/mol. The second kappa shape index (κ2) is 4.67. The van der Waals surface area contributed by atoms with E-state index in [1.165, 1.54) is 0 Å². The van der Waals surface area contributed by atoms with Crippen molar-refractivity contribution in [1.82, 2.24) is 14.7 Å². The van der Waals surface area contributed by atoms with E-state index in [4.69, 9.17) is 28.9 Å². The van der Waals surface area contributed by atoms with Crippen LogP contribution in [0.5, 0.6) is 0 Å². The SMILES string of the molecule is NCC(=O)N1CCn2nc3c(Cl)c(Cl)ccc3c2C1. The number of halogens is 2. The number of carbonyl (C=O) groups is 1. The molecule has 1 aromatic carbocycles. The van der Waals surface area contributed by atoms with Gasteiger partial charge in [0.2, 0.25) is 5.91 Å². The summed E-state index contributed by atoms with van der Waals surface area (Å²) >= 11 is 12.2. The summed E-state index contributed by atoms with van der Waals surface area (Å²) in [5, 5.41) is 6.34. The van der Waals surface area contributed by atoms with Crippen molar-refractivity contribution in [3.05, 3.63) is 27.9 Å². The minimum absolute atomic E-state index is 0.0264. The molecule has 7 heteroatoms. The molecule has 0 atom stereocenters. The maximum absolute atomic E-state index is 11.7. The van der Waals surface area contributed by atoms with E-state index in [0.29, 0.717) is 35.2 Å². The zero-order valence-corrected chi connectivity index (χ0v) is 11.6. The van der Waals surface area contributed by atoms with Gasteiger partial charge in [-0.2, -0.15) is 5.10 Å². The average Bonchev–Trinajstić information content (AvgIpc) is 2.80. The number of aromatic nitrogens is 2. The molecular formula is C12H12Cl2N4O. The molecule has 1 amide bonds. The fourth-order valence-corrected chi connectivity index (χ4v) is 2.71. The van der Waals surface area contributed by atoms with Crippen LogP contribution in [0.4, 0.5) is 0 Å². The number of fused-ring (bicyclic) bond motifs is 3. The first-order valence-corrected chi connectivity index (χ1v) is 6.68. The Labute approximate surface area is 119 Å². The van der Waals surface area contributed by atoms with Crippen molar-refractivity contribution in [3.8, 4) is 0 Å². The topological polar surface area (TPSA) is 64.2 Å². The summed E-state index contributed by atoms with van der Waals surface area (Å²) < 4.78 is 1.88. The Morgan fingerprint density at radius 2 is 2.16 bits per heavy atom. The van der Waals surface area contributed by atoms with Crippen LogP contribution in [0.15, 0.2) is 12.1 Å². The molecule has 0 bridgehead atoms. The normalized spacial score (nSPS) is 14.8. The summed E-state index contributed by atoms with van der Waals surface area (Å²) in [6, 6.07) is 3.64. The van der Waals surface area contributed by atoms with Crippen molar-refractivity contribution in [2.45, 2.75) is 13.1 Å². The van der Waals surface area contributed by atoms with Crippen LogP contribution in [0.1, 0.15) is 5.69 Å². The number of carbonyl (C=O) groups excluding carboxylic acids is 1. The molecule has 0 saturated carbocycles. The third kappa shape index (κ3) is 1.98. The van der Waals surface area contributed by atoms with Crippen LogP contribution in [0, 0.1) is 0 Å². The Kier molecular flexibility index (Phi) is 3.12. The summed E-state index contributed by atoms with van der Waals surface area (Å²) in [7, 11) is 0. The van der Waals surface area contributed by atoms with Gasteiger partial charge in [0.05, 0.1) is 35.4 Å². The van der Waals surface area contributed by atoms with E-state index in [1.54, 1.807) is 11.0 Å². The Morgan fingerprint density at radius 3 is 2.89 bits per heavy atom. The molecule has 0 fully saturated rings. The minimum atomic E-state index is -0.0549. The molecule has 2 heterocycles. The quantitative estimate of drug-likeness (QED) is 0.870. The van der Waals surface area contributed by atoms with Crippen molar-refractivity contribution >= 4 is 40.0 Å². The second-order valence-corrected chi connectivity index (χ2v) is 5.23. The molecule has 2 N–H and O–H groups in total. The highest BCUT2D eigenvalue weighted by Gasteiger charge is 2.24. The standard InChI is InChI=1S/C12H12Cl2N4O/c13-8-2-1-7-9-6-17(10(19)5-15)3-4-18(9)16-12(7)11(8)14/h1-2H,3-6,15H2. The maximum atomic E-state index is 11.7. The predicted molar refractivity (Wildman–Crippen MR) is 74.2 cm³/mol. The van der Waals surface area contributed by atoms with Crippen LogP contribution in [-0.2, 0) is 17.9 Å². The van der Waals surface area contributed by atoms with E-state index < -0.39 is 0 Å². The van der Waals surface area contributed by atoms with Gasteiger partial charge in [0, 0.05) is 11.9 Å². The number of nitrogens with zero attached hydrogens (tertiary/aromatic N) is 3. The molecule has 3 rings (SSSR count). The van der Waals surface area contributed by atoms with Gasteiger partial charge in [-0.3, -0.25) is 9.48 Å². The number of benzene rings is 1. The molecule has 19 heavy (non-hydrogen) atoms. The lowest BCUT2D eigenvalue weighted by atomic mass is 10.2. The smallest absolute Gasteiger partial charge is 0.236 e. The first-order chi connectivity index (χ1) is 9.11. The van der Waals surface area contributed by atoms with E-state index in [2.05, 4.69) is 5.10 Å². The molecule has 0 aliphatic carbocycles. The first kappa shape index (κ1) is 12.7. The van der Waals surface area contributed by atoms with Crippen LogP contribution in [0.3, 0.4) is 0 Å². The fourth-order valence-electron chi connectivity index (χ4n) is 2.36. The van der Waals surface area contributed by atoms with E-state index in [-0.39, 0.29) is 12.5 Å². The highest BCUT2D eigenvalue weighted by Crippen LogP contribution is 2.33. The molecule has 1 aliphatic heterocycles. The summed E-state index contributed by atoms with van der Waals surface area (Å²) in [4.78, 5) is 13.4. The third-order valence-electron chi connectivity index (χ3n) is 3.36. The highest BCUT2D eigenvalue weighted by atomic mass is 35.5. The van der Waals surface area contributed by atoms with E-state index in [0.717, 1.165) is 11.1 Å². The Morgan fingerprint density at radius 1 is 1.37 bits per heavy atom. The maximum Gasteiger partial charge on any atom is 0.236 e. The van der Waals surface area contributed by atoms with Crippen molar-refractivity contribution in [2.75, 3.05) is 13.1 Å². The lowest BCUT2D eigenvalue weighted by molar-refractivity contribution is -0.131. The zero-order valence-electron chi connectivity index (χ0n) is 10.1. The van der Waals surface area contributed by atoms with Gasteiger partial charge in [-0.25, -0.2) is 0 Å². The summed E-state index contributed by atoms with van der Waals surface area (Å²) in [6.07, 6.45) is 0. The van der Waals surface area contributed by atoms with Crippen LogP contribution in [-0.4, -0.2) is 33.7 Å². The highest BCUT2D eigenvalue weighted by molar-refractivity contribution is 6.45. The molecule has 0 unspecified atom stereocenters. The van der Waals surface area contributed by atoms with Gasteiger partial charge in [0.25, 0.3) is 0 Å². The molecule has 2 aromatic rings. The lowest BCUT2D eigenvalue weighted by Crippen LogP contribution is -2.41. The van der Waals surface area contributed by atoms with Gasteiger partial charge in [0.1, 0.15) is 5.52 Å². The fraction of sp³-hybridized carbons (Fsp3) is 0.333. The van der Waals surface area contributed by atoms with Crippen molar-refractivity contribution in [2.24, 2.45) is 5.73 Å². The van der Waals surface area contributed by atoms with Gasteiger partial charge < -0.3 is 10.6 Å². The Bertz CT molecular complexity index is 667. The van der Waals surface area contributed by atoms with Crippen molar-refractivity contribution in [3.63, 3.8) is 0 Å². The first-order valence-electron chi connectivity index (χ1n) is 5.93. The van der Waals surface area contributed by atoms with Crippen molar-refractivity contribution < 1.29 is 4.79 Å². The van der Waals surface area contributed by atoms with Crippen LogP contribution >= 0.6 is 23.2 Å². The summed E-state index contributed by atoms with van der Waals surface area (Å²) in [5.74, 6) is -0.0549. The largest absolute Gasteiger partial charge is 0.334 e. The van der Waals surface area contributed by atoms with Crippen LogP contribution in [0.25, 0.3) is 10.9 Å². The number of nitrogens with two attached hydrogens (primary N) is 1. The Balaban J connectivity index is 2.09. The Hall–Kier alpha value is -1.30. The molecule has 0 spiro atoms. The average molecular weight is 299 g/mol. The minimum Gasteiger partial charge on any atom is -0.334 e. The number of hydrogen-bond donors (Lipinski definition) is 1. The van der Waals surface area contributed by atoms with Gasteiger partial charge >= 0.3 is 0 Å². The molecule has 1 aromatic heterocycles. The van der Waals surface area contributed by atoms with Gasteiger partial charge in [-0.05, 0) is 12.1 Å². The molecule has 5 nitrogen and oxygen atoms in total. The van der Waals surface area contributed by atoms with E-state index in [1.807, 2.05) is 10.7 Å². The number of amides is 1. The van der Waals surface area contributed by atoms with E-state index >= 15 is 0 Å². The van der Waals surface area contributed by atoms with Crippen LogP contribution in [0.2, 0.25) is 10.0 Å². The monoisotopic (exact) mass is 298 g/mol. The molecule has 0 saturated heterocycles.